The Hall–Kier alpha value is -1.98. The Morgan fingerprint density at radius 1 is 1.15 bits per heavy atom. The van der Waals surface area contributed by atoms with Crippen molar-refractivity contribution in [3.8, 4) is 0 Å². The molecule has 0 aliphatic carbocycles. The number of halogens is 3. The number of benzene rings is 2. The Kier molecular flexibility index (Phi) is 8.38. The van der Waals surface area contributed by atoms with Gasteiger partial charge in [-0.3, -0.25) is 4.79 Å². The first-order valence-electron chi connectivity index (χ1n) is 8.62. The molecule has 1 unspecified atom stereocenters. The molecule has 0 spiro atoms. The fourth-order valence-corrected chi connectivity index (χ4v) is 3.43. The maximum absolute atomic E-state index is 13.3. The monoisotopic (exact) mass is 413 g/mol. The van der Waals surface area contributed by atoms with E-state index in [0.717, 1.165) is 42.7 Å². The summed E-state index contributed by atoms with van der Waals surface area (Å²) in [5.41, 5.74) is 9.87. The molecule has 0 bridgehead atoms. The number of nitrogen functional groups attached to an aromatic ring is 1. The van der Waals surface area contributed by atoms with Crippen LogP contribution >= 0.6 is 24.8 Å². The summed E-state index contributed by atoms with van der Waals surface area (Å²) in [6.07, 6.45) is 1.92. The molecule has 1 atom stereocenters. The largest absolute Gasteiger partial charge is 0.399 e. The van der Waals surface area contributed by atoms with Crippen molar-refractivity contribution in [2.75, 3.05) is 23.7 Å². The average molecular weight is 414 g/mol. The van der Waals surface area contributed by atoms with Gasteiger partial charge in [0.1, 0.15) is 5.82 Å². The molecule has 1 fully saturated rings. The highest BCUT2D eigenvalue weighted by atomic mass is 35.5. The second-order valence-corrected chi connectivity index (χ2v) is 6.76. The van der Waals surface area contributed by atoms with Crippen LogP contribution in [0.5, 0.6) is 0 Å². The van der Waals surface area contributed by atoms with Gasteiger partial charge in [-0.05, 0) is 68.1 Å². The first-order valence-corrected chi connectivity index (χ1v) is 8.62. The highest BCUT2D eigenvalue weighted by molar-refractivity contribution is 5.96. The van der Waals surface area contributed by atoms with Gasteiger partial charge in [0.15, 0.2) is 0 Å². The van der Waals surface area contributed by atoms with E-state index in [9.17, 15) is 9.18 Å². The third-order valence-electron chi connectivity index (χ3n) is 4.76. The lowest BCUT2D eigenvalue weighted by Gasteiger charge is -2.35. The number of aryl methyl sites for hydroxylation is 2. The fraction of sp³-hybridized carbons (Fsp3) is 0.350. The Morgan fingerprint density at radius 3 is 2.59 bits per heavy atom. The average Bonchev–Trinajstić information content (AvgIpc) is 2.57. The number of carbonyl (C=O) groups excluding carboxylic acids is 1. The van der Waals surface area contributed by atoms with Crippen molar-refractivity contribution in [2.45, 2.75) is 32.7 Å². The summed E-state index contributed by atoms with van der Waals surface area (Å²) in [5, 5.41) is 3.12. The van der Waals surface area contributed by atoms with Crippen LogP contribution in [-0.2, 0) is 0 Å². The summed E-state index contributed by atoms with van der Waals surface area (Å²) in [5.74, 6) is -0.312. The zero-order chi connectivity index (χ0) is 18.0. The van der Waals surface area contributed by atoms with Gasteiger partial charge in [0.25, 0.3) is 5.91 Å². The van der Waals surface area contributed by atoms with E-state index in [0.29, 0.717) is 11.3 Å². The van der Waals surface area contributed by atoms with Gasteiger partial charge in [0, 0.05) is 36.1 Å². The highest BCUT2D eigenvalue weighted by Crippen LogP contribution is 2.25. The Morgan fingerprint density at radius 2 is 1.89 bits per heavy atom. The number of nitrogens with one attached hydrogen (secondary N) is 1. The summed E-state index contributed by atoms with van der Waals surface area (Å²) in [6.45, 7) is 5.45. The van der Waals surface area contributed by atoms with Crippen LogP contribution in [-0.4, -0.2) is 25.0 Å². The molecule has 1 heterocycles. The number of nitrogens with two attached hydrogens (primary N) is 1. The lowest BCUT2D eigenvalue weighted by atomic mass is 10.0. The molecule has 2 aromatic rings. The lowest BCUT2D eigenvalue weighted by molar-refractivity contribution is 0.0932. The molecule has 0 radical (unpaired) electrons. The van der Waals surface area contributed by atoms with E-state index in [4.69, 9.17) is 5.73 Å². The zero-order valence-corrected chi connectivity index (χ0v) is 17.1. The van der Waals surface area contributed by atoms with Crippen LogP contribution in [0.3, 0.4) is 0 Å². The van der Waals surface area contributed by atoms with Crippen LogP contribution in [0.25, 0.3) is 0 Å². The van der Waals surface area contributed by atoms with Gasteiger partial charge < -0.3 is 16.0 Å². The maximum Gasteiger partial charge on any atom is 0.251 e. The molecule has 4 nitrogen and oxygen atoms in total. The first kappa shape index (κ1) is 23.1. The molecule has 0 saturated carbocycles. The molecule has 1 saturated heterocycles. The molecule has 3 rings (SSSR count). The summed E-state index contributed by atoms with van der Waals surface area (Å²) in [7, 11) is 0. The third-order valence-corrected chi connectivity index (χ3v) is 4.76. The van der Waals surface area contributed by atoms with E-state index in [2.05, 4.69) is 10.2 Å². The van der Waals surface area contributed by atoms with Gasteiger partial charge >= 0.3 is 0 Å². The van der Waals surface area contributed by atoms with Crippen LogP contribution in [0.2, 0.25) is 0 Å². The predicted molar refractivity (Wildman–Crippen MR) is 114 cm³/mol. The summed E-state index contributed by atoms with van der Waals surface area (Å²) in [4.78, 5) is 14.8. The minimum Gasteiger partial charge on any atom is -0.399 e. The molecule has 2 aromatic carbocycles. The number of amides is 1. The summed E-state index contributed by atoms with van der Waals surface area (Å²) in [6, 6.07) is 10.3. The molecule has 1 amide bonds. The molecule has 3 N–H and O–H groups in total. The van der Waals surface area contributed by atoms with Gasteiger partial charge in [0.2, 0.25) is 0 Å². The van der Waals surface area contributed by atoms with Gasteiger partial charge in [0.05, 0.1) is 0 Å². The van der Waals surface area contributed by atoms with Crippen molar-refractivity contribution in [2.24, 2.45) is 0 Å². The normalized spacial score (nSPS) is 16.1. The van der Waals surface area contributed by atoms with Gasteiger partial charge in [-0.2, -0.15) is 0 Å². The molecular formula is C20H26Cl2FN3O. The highest BCUT2D eigenvalue weighted by Gasteiger charge is 2.23. The van der Waals surface area contributed by atoms with Crippen molar-refractivity contribution in [1.82, 2.24) is 5.32 Å². The van der Waals surface area contributed by atoms with Crippen LogP contribution in [0.15, 0.2) is 36.4 Å². The van der Waals surface area contributed by atoms with Crippen LogP contribution in [0.1, 0.15) is 34.3 Å². The van der Waals surface area contributed by atoms with Crippen molar-refractivity contribution in [3.05, 3.63) is 58.9 Å². The number of anilines is 2. The second kappa shape index (κ2) is 9.81. The van der Waals surface area contributed by atoms with Gasteiger partial charge in [-0.1, -0.05) is 6.07 Å². The van der Waals surface area contributed by atoms with E-state index in [1.165, 1.54) is 6.07 Å². The minimum atomic E-state index is -0.222. The quantitative estimate of drug-likeness (QED) is 0.738. The van der Waals surface area contributed by atoms with Gasteiger partial charge in [-0.25, -0.2) is 4.39 Å². The zero-order valence-electron chi connectivity index (χ0n) is 15.5. The Bertz CT molecular complexity index is 801. The molecular weight excluding hydrogens is 388 g/mol. The number of piperidine rings is 1. The molecule has 148 valence electrons. The second-order valence-electron chi connectivity index (χ2n) is 6.76. The van der Waals surface area contributed by atoms with E-state index in [1.807, 2.05) is 26.0 Å². The van der Waals surface area contributed by atoms with E-state index in [-0.39, 0.29) is 42.6 Å². The lowest BCUT2D eigenvalue weighted by Crippen LogP contribution is -2.48. The van der Waals surface area contributed by atoms with Crippen molar-refractivity contribution < 1.29 is 9.18 Å². The standard InChI is InChI=1S/C20H24FN3O.2ClH/c1-13-5-7-16(22)11-18(13)20(25)23-17-4-3-9-24(12-17)19-8-6-15(21)10-14(19)2;;/h5-8,10-11,17H,3-4,9,12,22H2,1-2H3,(H,23,25);2*1H. The number of rotatable bonds is 3. The van der Waals surface area contributed by atoms with Crippen LogP contribution in [0.4, 0.5) is 15.8 Å². The topological polar surface area (TPSA) is 58.4 Å². The van der Waals surface area contributed by atoms with Crippen molar-refractivity contribution >= 4 is 42.1 Å². The summed E-state index contributed by atoms with van der Waals surface area (Å²) < 4.78 is 13.3. The van der Waals surface area contributed by atoms with E-state index >= 15 is 0 Å². The van der Waals surface area contributed by atoms with Crippen molar-refractivity contribution in [1.29, 1.82) is 0 Å². The van der Waals surface area contributed by atoms with E-state index < -0.39 is 0 Å². The number of nitrogens with zero attached hydrogens (tertiary/aromatic N) is 1. The third kappa shape index (κ3) is 5.50. The minimum absolute atomic E-state index is 0. The molecule has 1 aliphatic rings. The molecule has 27 heavy (non-hydrogen) atoms. The van der Waals surface area contributed by atoms with Gasteiger partial charge in [-0.15, -0.1) is 24.8 Å². The number of carbonyl (C=O) groups is 1. The smallest absolute Gasteiger partial charge is 0.251 e. The predicted octanol–water partition coefficient (Wildman–Crippen LogP) is 4.27. The maximum atomic E-state index is 13.3. The van der Waals surface area contributed by atoms with Crippen LogP contribution in [0, 0.1) is 19.7 Å². The fourth-order valence-electron chi connectivity index (χ4n) is 3.43. The molecule has 1 aliphatic heterocycles. The Labute approximate surface area is 172 Å². The number of hydrogen-bond acceptors (Lipinski definition) is 3. The molecule has 7 heteroatoms. The van der Waals surface area contributed by atoms with Crippen LogP contribution < -0.4 is 16.0 Å². The Balaban J connectivity index is 0.00000182. The van der Waals surface area contributed by atoms with Crippen molar-refractivity contribution in [3.63, 3.8) is 0 Å². The summed E-state index contributed by atoms with van der Waals surface area (Å²) >= 11 is 0. The SMILES string of the molecule is Cc1ccc(N)cc1C(=O)NC1CCCN(c2ccc(F)cc2C)C1.Cl.Cl. The molecule has 0 aromatic heterocycles. The first-order chi connectivity index (χ1) is 11.9. The van der Waals surface area contributed by atoms with E-state index in [1.54, 1.807) is 18.2 Å². The number of hydrogen-bond donors (Lipinski definition) is 2.